The molecule has 4 aliphatic rings. The summed E-state index contributed by atoms with van der Waals surface area (Å²) in [5, 5.41) is 3.53. The number of alkyl halides is 1. The van der Waals surface area contributed by atoms with E-state index in [0.29, 0.717) is 25.7 Å². The molecule has 0 spiro atoms. The fraction of sp³-hybridized carbons (Fsp3) is 0.739. The van der Waals surface area contributed by atoms with Gasteiger partial charge in [0.15, 0.2) is 11.6 Å². The Hall–Kier alpha value is -1.45. The summed E-state index contributed by atoms with van der Waals surface area (Å²) in [4.78, 5) is 26.3. The molecule has 4 heteroatoms. The molecular formula is C23H32FNO2. The maximum Gasteiger partial charge on any atom is 0.161 e. The van der Waals surface area contributed by atoms with Gasteiger partial charge >= 0.3 is 0 Å². The van der Waals surface area contributed by atoms with Gasteiger partial charge in [-0.2, -0.15) is 0 Å². The first-order valence-electron chi connectivity index (χ1n) is 10.5. The first-order chi connectivity index (χ1) is 12.6. The molecule has 1 aliphatic heterocycles. The summed E-state index contributed by atoms with van der Waals surface area (Å²) >= 11 is 0. The molecule has 0 aromatic carbocycles. The molecule has 148 valence electrons. The third-order valence-corrected chi connectivity index (χ3v) is 6.89. The average molecular weight is 374 g/mol. The zero-order valence-corrected chi connectivity index (χ0v) is 17.1. The Morgan fingerprint density at radius 1 is 0.852 bits per heavy atom. The number of nitrogens with one attached hydrogen (secondary N) is 1. The summed E-state index contributed by atoms with van der Waals surface area (Å²) in [6.45, 7) is 8.51. The van der Waals surface area contributed by atoms with Crippen LogP contribution in [0.25, 0.3) is 0 Å². The molecule has 1 fully saturated rings. The topological polar surface area (TPSA) is 46.2 Å². The second-order valence-corrected chi connectivity index (χ2v) is 10.8. The Balaban J connectivity index is 1.81. The molecule has 4 rings (SSSR count). The summed E-state index contributed by atoms with van der Waals surface area (Å²) in [6.07, 6.45) is 4.70. The zero-order valence-electron chi connectivity index (χ0n) is 17.1. The lowest BCUT2D eigenvalue weighted by atomic mass is 9.61. The predicted octanol–water partition coefficient (Wildman–Crippen LogP) is 5.02. The number of allylic oxidation sites excluding steroid dienone is 4. The van der Waals surface area contributed by atoms with E-state index >= 15 is 0 Å². The van der Waals surface area contributed by atoms with Gasteiger partial charge in [-0.25, -0.2) is 4.39 Å². The smallest absolute Gasteiger partial charge is 0.161 e. The summed E-state index contributed by atoms with van der Waals surface area (Å²) in [5.74, 6) is 0.191. The van der Waals surface area contributed by atoms with E-state index in [1.165, 1.54) is 0 Å². The van der Waals surface area contributed by atoms with Crippen molar-refractivity contribution >= 4 is 11.6 Å². The molecule has 2 atom stereocenters. The normalized spacial score (nSPS) is 33.5. The minimum absolute atomic E-state index is 0.0705. The molecule has 0 aromatic heterocycles. The van der Waals surface area contributed by atoms with Crippen molar-refractivity contribution in [2.24, 2.45) is 22.7 Å². The predicted molar refractivity (Wildman–Crippen MR) is 104 cm³/mol. The third-order valence-electron chi connectivity index (χ3n) is 6.89. The lowest BCUT2D eigenvalue weighted by Gasteiger charge is -2.46. The van der Waals surface area contributed by atoms with Crippen molar-refractivity contribution in [3.8, 4) is 0 Å². The first kappa shape index (κ1) is 18.9. The highest BCUT2D eigenvalue weighted by molar-refractivity contribution is 6.05. The highest BCUT2D eigenvalue weighted by Crippen LogP contribution is 2.51. The van der Waals surface area contributed by atoms with Crippen LogP contribution in [0.15, 0.2) is 22.5 Å². The molecule has 0 amide bonds. The van der Waals surface area contributed by atoms with Crippen molar-refractivity contribution < 1.29 is 14.0 Å². The number of dihydropyridines is 1. The van der Waals surface area contributed by atoms with Crippen LogP contribution in [-0.4, -0.2) is 17.7 Å². The second kappa shape index (κ2) is 6.28. The van der Waals surface area contributed by atoms with Gasteiger partial charge in [0.1, 0.15) is 6.17 Å². The van der Waals surface area contributed by atoms with Crippen LogP contribution < -0.4 is 5.32 Å². The average Bonchev–Trinajstić information content (AvgIpc) is 2.50. The number of ketones is 2. The summed E-state index contributed by atoms with van der Waals surface area (Å²) in [5.41, 5.74) is 3.47. The van der Waals surface area contributed by atoms with Crippen LogP contribution in [0, 0.1) is 22.7 Å². The number of carbonyl (C=O) groups excluding carboxylic acids is 2. The number of hydrogen-bond acceptors (Lipinski definition) is 3. The molecule has 3 nitrogen and oxygen atoms in total. The van der Waals surface area contributed by atoms with Gasteiger partial charge in [0.2, 0.25) is 0 Å². The van der Waals surface area contributed by atoms with Gasteiger partial charge in [0.25, 0.3) is 0 Å². The van der Waals surface area contributed by atoms with Gasteiger partial charge in [0, 0.05) is 41.3 Å². The molecule has 1 heterocycles. The van der Waals surface area contributed by atoms with Gasteiger partial charge in [0.05, 0.1) is 0 Å². The Kier molecular flexibility index (Phi) is 4.40. The molecule has 1 N–H and O–H groups in total. The Labute approximate surface area is 161 Å². The minimum Gasteiger partial charge on any atom is -0.362 e. The van der Waals surface area contributed by atoms with Crippen LogP contribution in [0.3, 0.4) is 0 Å². The van der Waals surface area contributed by atoms with E-state index in [1.54, 1.807) is 0 Å². The minimum atomic E-state index is -0.808. The lowest BCUT2D eigenvalue weighted by Crippen LogP contribution is -2.45. The van der Waals surface area contributed by atoms with Crippen molar-refractivity contribution in [3.05, 3.63) is 22.5 Å². The molecule has 3 aliphatic carbocycles. The summed E-state index contributed by atoms with van der Waals surface area (Å²) < 4.78 is 14.3. The second-order valence-electron chi connectivity index (χ2n) is 10.8. The molecule has 0 saturated heterocycles. The number of rotatable bonds is 1. The maximum atomic E-state index is 14.3. The van der Waals surface area contributed by atoms with Gasteiger partial charge < -0.3 is 5.32 Å². The van der Waals surface area contributed by atoms with Crippen molar-refractivity contribution in [1.82, 2.24) is 5.32 Å². The van der Waals surface area contributed by atoms with E-state index in [1.807, 2.05) is 0 Å². The number of halogens is 1. The van der Waals surface area contributed by atoms with Crippen LogP contribution in [0.4, 0.5) is 4.39 Å². The molecule has 0 bridgehead atoms. The van der Waals surface area contributed by atoms with Gasteiger partial charge in [-0.1, -0.05) is 34.1 Å². The SMILES string of the molecule is CC1(C)CC(=O)C2=C(C1)NC1=C(C(=O)CC(C)(C)C1)C2C1CCCC(F)C1. The van der Waals surface area contributed by atoms with E-state index in [0.717, 1.165) is 48.2 Å². The van der Waals surface area contributed by atoms with Crippen molar-refractivity contribution in [1.29, 1.82) is 0 Å². The number of Topliss-reactive ketones (excluding diaryl/α,β-unsaturated/α-hetero) is 2. The van der Waals surface area contributed by atoms with Crippen LogP contribution >= 0.6 is 0 Å². The zero-order chi connectivity index (χ0) is 19.6. The van der Waals surface area contributed by atoms with Gasteiger partial charge in [-0.05, 0) is 48.9 Å². The lowest BCUT2D eigenvalue weighted by molar-refractivity contribution is -0.120. The molecule has 27 heavy (non-hydrogen) atoms. The highest BCUT2D eigenvalue weighted by Gasteiger charge is 2.48. The van der Waals surface area contributed by atoms with E-state index in [4.69, 9.17) is 0 Å². The van der Waals surface area contributed by atoms with Crippen molar-refractivity contribution in [3.63, 3.8) is 0 Å². The third kappa shape index (κ3) is 3.40. The van der Waals surface area contributed by atoms with Crippen molar-refractivity contribution in [2.75, 3.05) is 0 Å². The van der Waals surface area contributed by atoms with E-state index < -0.39 is 6.17 Å². The Morgan fingerprint density at radius 2 is 1.37 bits per heavy atom. The monoisotopic (exact) mass is 373 g/mol. The fourth-order valence-corrected chi connectivity index (χ4v) is 5.88. The van der Waals surface area contributed by atoms with E-state index in [2.05, 4.69) is 33.0 Å². The van der Waals surface area contributed by atoms with Crippen LogP contribution in [-0.2, 0) is 9.59 Å². The van der Waals surface area contributed by atoms with Gasteiger partial charge in [-0.3, -0.25) is 9.59 Å². The highest BCUT2D eigenvalue weighted by atomic mass is 19.1. The number of carbonyl (C=O) groups is 2. The maximum absolute atomic E-state index is 14.3. The molecule has 2 unspecified atom stereocenters. The number of hydrogen-bond donors (Lipinski definition) is 1. The Bertz CT molecular complexity index is 706. The Morgan fingerprint density at radius 3 is 1.85 bits per heavy atom. The van der Waals surface area contributed by atoms with E-state index in [9.17, 15) is 14.0 Å². The van der Waals surface area contributed by atoms with Crippen molar-refractivity contribution in [2.45, 2.75) is 85.2 Å². The molecular weight excluding hydrogens is 341 g/mol. The summed E-state index contributed by atoms with van der Waals surface area (Å²) in [7, 11) is 0. The largest absolute Gasteiger partial charge is 0.362 e. The summed E-state index contributed by atoms with van der Waals surface area (Å²) in [6, 6.07) is 0. The standard InChI is InChI=1S/C23H32FNO2/c1-22(2)9-15-20(17(26)11-22)19(13-6-5-7-14(24)8-13)21-16(25-15)10-23(3,4)12-18(21)27/h13-14,19,25H,5-12H2,1-4H3. The molecule has 0 aromatic rings. The molecule has 1 saturated carbocycles. The first-order valence-corrected chi connectivity index (χ1v) is 10.5. The van der Waals surface area contributed by atoms with Crippen LogP contribution in [0.5, 0.6) is 0 Å². The van der Waals surface area contributed by atoms with E-state index in [-0.39, 0.29) is 34.2 Å². The van der Waals surface area contributed by atoms with Crippen LogP contribution in [0.1, 0.15) is 79.1 Å². The van der Waals surface area contributed by atoms with Gasteiger partial charge in [-0.15, -0.1) is 0 Å². The fourth-order valence-electron chi connectivity index (χ4n) is 5.88. The van der Waals surface area contributed by atoms with Crippen LogP contribution in [0.2, 0.25) is 0 Å². The molecule has 0 radical (unpaired) electrons. The quantitative estimate of drug-likeness (QED) is 0.702.